The maximum absolute atomic E-state index is 10.9. The van der Waals surface area contributed by atoms with Gasteiger partial charge in [0, 0.05) is 13.6 Å². The summed E-state index contributed by atoms with van der Waals surface area (Å²) in [6.45, 7) is 2.66. The van der Waals surface area contributed by atoms with Gasteiger partial charge in [0.2, 0.25) is 0 Å². The topological polar surface area (TPSA) is 56.2 Å². The smallest absolute Gasteiger partial charge is 0.319 e. The Morgan fingerprint density at radius 3 is 2.81 bits per heavy atom. The molecular formula is C10H16ClN3O2. The average Bonchev–Trinajstić information content (AvgIpc) is 2.55. The van der Waals surface area contributed by atoms with Crippen molar-refractivity contribution in [3.63, 3.8) is 0 Å². The van der Waals surface area contributed by atoms with E-state index in [-0.39, 0.29) is 12.5 Å². The summed E-state index contributed by atoms with van der Waals surface area (Å²) in [7, 11) is 3.19. The fourth-order valence-corrected chi connectivity index (χ4v) is 1.73. The number of carbonyl (C=O) groups excluding carboxylic acids is 1. The molecule has 0 amide bonds. The first-order chi connectivity index (χ1) is 7.60. The van der Waals surface area contributed by atoms with Gasteiger partial charge in [-0.15, -0.1) is 0 Å². The van der Waals surface area contributed by atoms with Crippen LogP contribution < -0.4 is 5.32 Å². The summed E-state index contributed by atoms with van der Waals surface area (Å²) in [4.78, 5) is 10.9. The minimum atomic E-state index is -0.297. The number of rotatable bonds is 5. The minimum Gasteiger partial charge on any atom is -0.468 e. The molecule has 1 aromatic heterocycles. The van der Waals surface area contributed by atoms with Crippen LogP contribution in [0.2, 0.25) is 5.02 Å². The van der Waals surface area contributed by atoms with E-state index in [1.54, 1.807) is 4.68 Å². The van der Waals surface area contributed by atoms with Crippen LogP contribution >= 0.6 is 11.6 Å². The number of hydrogen-bond acceptors (Lipinski definition) is 4. The highest BCUT2D eigenvalue weighted by Crippen LogP contribution is 2.20. The summed E-state index contributed by atoms with van der Waals surface area (Å²) in [5.41, 5.74) is 1.75. The first kappa shape index (κ1) is 13.0. The first-order valence-electron chi connectivity index (χ1n) is 5.07. The molecule has 6 heteroatoms. The van der Waals surface area contributed by atoms with Crippen molar-refractivity contribution in [1.29, 1.82) is 0 Å². The maximum atomic E-state index is 10.9. The highest BCUT2D eigenvalue weighted by Gasteiger charge is 2.12. The SMILES string of the molecule is CCc1nn(C)c(CNCC(=O)OC)c1Cl. The molecular weight excluding hydrogens is 230 g/mol. The van der Waals surface area contributed by atoms with Gasteiger partial charge in [0.05, 0.1) is 30.1 Å². The highest BCUT2D eigenvalue weighted by atomic mass is 35.5. The van der Waals surface area contributed by atoms with Crippen LogP contribution in [0.3, 0.4) is 0 Å². The van der Waals surface area contributed by atoms with E-state index in [2.05, 4.69) is 15.2 Å². The van der Waals surface area contributed by atoms with Crippen LogP contribution in [-0.2, 0) is 29.5 Å². The van der Waals surface area contributed by atoms with Gasteiger partial charge in [0.25, 0.3) is 0 Å². The molecule has 0 spiro atoms. The summed E-state index contributed by atoms with van der Waals surface area (Å²) >= 11 is 6.14. The lowest BCUT2D eigenvalue weighted by Crippen LogP contribution is -2.24. The number of carbonyl (C=O) groups is 1. The number of hydrogen-bond donors (Lipinski definition) is 1. The average molecular weight is 246 g/mol. The van der Waals surface area contributed by atoms with Crippen LogP contribution in [0.4, 0.5) is 0 Å². The van der Waals surface area contributed by atoms with Gasteiger partial charge in [0.15, 0.2) is 0 Å². The van der Waals surface area contributed by atoms with Gasteiger partial charge in [-0.1, -0.05) is 18.5 Å². The lowest BCUT2D eigenvalue weighted by molar-refractivity contribution is -0.139. The molecule has 1 rings (SSSR count). The maximum Gasteiger partial charge on any atom is 0.319 e. The Labute approximate surface area is 99.7 Å². The van der Waals surface area contributed by atoms with E-state index in [4.69, 9.17) is 11.6 Å². The molecule has 0 saturated carbocycles. The highest BCUT2D eigenvalue weighted by molar-refractivity contribution is 6.31. The van der Waals surface area contributed by atoms with Gasteiger partial charge in [-0.05, 0) is 6.42 Å². The summed E-state index contributed by atoms with van der Waals surface area (Å²) in [5, 5.41) is 7.90. The second-order valence-electron chi connectivity index (χ2n) is 3.36. The van der Waals surface area contributed by atoms with Crippen molar-refractivity contribution < 1.29 is 9.53 Å². The van der Waals surface area contributed by atoms with E-state index >= 15 is 0 Å². The molecule has 0 bridgehead atoms. The molecule has 90 valence electrons. The van der Waals surface area contributed by atoms with Gasteiger partial charge < -0.3 is 10.1 Å². The lowest BCUT2D eigenvalue weighted by Gasteiger charge is -2.04. The molecule has 1 aromatic rings. The first-order valence-corrected chi connectivity index (χ1v) is 5.45. The van der Waals surface area contributed by atoms with E-state index in [1.165, 1.54) is 7.11 Å². The van der Waals surface area contributed by atoms with Crippen molar-refractivity contribution in [2.24, 2.45) is 7.05 Å². The predicted octanol–water partition coefficient (Wildman–Crippen LogP) is 0.899. The Morgan fingerprint density at radius 2 is 2.31 bits per heavy atom. The second kappa shape index (κ2) is 5.86. The van der Waals surface area contributed by atoms with E-state index in [0.717, 1.165) is 17.8 Å². The molecule has 16 heavy (non-hydrogen) atoms. The fourth-order valence-electron chi connectivity index (χ4n) is 1.37. The molecule has 5 nitrogen and oxygen atoms in total. The van der Waals surface area contributed by atoms with E-state index in [9.17, 15) is 4.79 Å². The van der Waals surface area contributed by atoms with E-state index < -0.39 is 0 Å². The third-order valence-corrected chi connectivity index (χ3v) is 2.73. The fraction of sp³-hybridized carbons (Fsp3) is 0.600. The van der Waals surface area contributed by atoms with Crippen molar-refractivity contribution >= 4 is 17.6 Å². The molecule has 1 N–H and O–H groups in total. The Bertz CT molecular complexity index is 376. The predicted molar refractivity (Wildman–Crippen MR) is 61.3 cm³/mol. The minimum absolute atomic E-state index is 0.166. The number of aryl methyl sites for hydroxylation is 2. The summed E-state index contributed by atoms with van der Waals surface area (Å²) in [6.07, 6.45) is 0.795. The molecule has 0 aliphatic rings. The number of aromatic nitrogens is 2. The zero-order chi connectivity index (χ0) is 12.1. The van der Waals surface area contributed by atoms with Crippen LogP contribution in [0.1, 0.15) is 18.3 Å². The van der Waals surface area contributed by atoms with E-state index in [0.29, 0.717) is 11.6 Å². The molecule has 0 aromatic carbocycles. The van der Waals surface area contributed by atoms with Crippen LogP contribution in [-0.4, -0.2) is 29.4 Å². The Hall–Kier alpha value is -1.07. The van der Waals surface area contributed by atoms with Crippen LogP contribution in [0.25, 0.3) is 0 Å². The molecule has 0 aliphatic carbocycles. The Balaban J connectivity index is 2.60. The summed E-state index contributed by atoms with van der Waals surface area (Å²) in [5.74, 6) is -0.297. The molecule has 0 unspecified atom stereocenters. The van der Waals surface area contributed by atoms with E-state index in [1.807, 2.05) is 14.0 Å². The number of nitrogens with one attached hydrogen (secondary N) is 1. The number of esters is 1. The van der Waals surface area contributed by atoms with Gasteiger partial charge in [-0.2, -0.15) is 5.10 Å². The summed E-state index contributed by atoms with van der Waals surface area (Å²) in [6, 6.07) is 0. The largest absolute Gasteiger partial charge is 0.468 e. The van der Waals surface area contributed by atoms with Crippen molar-refractivity contribution in [2.75, 3.05) is 13.7 Å². The Morgan fingerprint density at radius 1 is 1.62 bits per heavy atom. The third-order valence-electron chi connectivity index (χ3n) is 2.29. The third kappa shape index (κ3) is 2.96. The monoisotopic (exact) mass is 245 g/mol. The van der Waals surface area contributed by atoms with Crippen LogP contribution in [0.15, 0.2) is 0 Å². The Kier molecular flexibility index (Phi) is 4.76. The number of ether oxygens (including phenoxy) is 1. The van der Waals surface area contributed by atoms with Gasteiger partial charge in [-0.3, -0.25) is 9.48 Å². The number of methoxy groups -OCH3 is 1. The van der Waals surface area contributed by atoms with Crippen molar-refractivity contribution in [2.45, 2.75) is 19.9 Å². The molecule has 0 atom stereocenters. The van der Waals surface area contributed by atoms with Crippen LogP contribution in [0.5, 0.6) is 0 Å². The molecule has 0 saturated heterocycles. The van der Waals surface area contributed by atoms with Gasteiger partial charge in [-0.25, -0.2) is 0 Å². The molecule has 1 heterocycles. The normalized spacial score (nSPS) is 10.5. The quantitative estimate of drug-likeness (QED) is 0.784. The summed E-state index contributed by atoms with van der Waals surface area (Å²) < 4.78 is 6.25. The van der Waals surface area contributed by atoms with Gasteiger partial charge >= 0.3 is 5.97 Å². The van der Waals surface area contributed by atoms with Crippen molar-refractivity contribution in [1.82, 2.24) is 15.1 Å². The van der Waals surface area contributed by atoms with Crippen molar-refractivity contribution in [3.05, 3.63) is 16.4 Å². The standard InChI is InChI=1S/C10H16ClN3O2/c1-4-7-10(11)8(14(2)13-7)5-12-6-9(15)16-3/h12H,4-6H2,1-3H3. The number of halogens is 1. The second-order valence-corrected chi connectivity index (χ2v) is 3.74. The lowest BCUT2D eigenvalue weighted by atomic mass is 10.3. The molecule has 0 fully saturated rings. The van der Waals surface area contributed by atoms with Crippen LogP contribution in [0, 0.1) is 0 Å². The van der Waals surface area contributed by atoms with Crippen molar-refractivity contribution in [3.8, 4) is 0 Å². The zero-order valence-corrected chi connectivity index (χ0v) is 10.5. The molecule has 0 aliphatic heterocycles. The van der Waals surface area contributed by atoms with Gasteiger partial charge in [0.1, 0.15) is 0 Å². The number of nitrogens with zero attached hydrogens (tertiary/aromatic N) is 2. The molecule has 0 radical (unpaired) electrons. The zero-order valence-electron chi connectivity index (χ0n) is 9.71.